The van der Waals surface area contributed by atoms with E-state index in [1.807, 2.05) is 0 Å². The second-order valence-corrected chi connectivity index (χ2v) is 14.3. The van der Waals surface area contributed by atoms with E-state index in [0.717, 1.165) is 29.6 Å². The van der Waals surface area contributed by atoms with Crippen LogP contribution in [0.4, 0.5) is 0 Å². The fraction of sp³-hybridized carbons (Fsp3) is 1.00. The molecule has 0 N–H and O–H groups in total. The van der Waals surface area contributed by atoms with Crippen LogP contribution < -0.4 is 0 Å². The van der Waals surface area contributed by atoms with Gasteiger partial charge in [-0.3, -0.25) is 0 Å². The van der Waals surface area contributed by atoms with Crippen LogP contribution in [0.5, 0.6) is 0 Å². The highest BCUT2D eigenvalue weighted by Gasteiger charge is 2.69. The molecule has 29 heavy (non-hydrogen) atoms. The zero-order valence-electron chi connectivity index (χ0n) is 20.9. The van der Waals surface area contributed by atoms with Gasteiger partial charge >= 0.3 is 0 Å². The zero-order chi connectivity index (χ0) is 20.9. The lowest BCUT2D eigenvalue weighted by Gasteiger charge is -2.73. The van der Waals surface area contributed by atoms with E-state index < -0.39 is 0 Å². The van der Waals surface area contributed by atoms with Crippen molar-refractivity contribution in [1.82, 2.24) is 0 Å². The molecule has 9 atom stereocenters. The van der Waals surface area contributed by atoms with E-state index in [2.05, 4.69) is 48.5 Å². The SMILES string of the molecule is CC[C@H]1CC[C@]2(C)[C@H]3CC[C@@H]4[C@@]5(C)CCCC(C)(C)[C@@H]5CC[C@@]4(C)[C@]3(C)CC[C@@H]12. The first-order valence-electron chi connectivity index (χ1n) is 13.5. The van der Waals surface area contributed by atoms with Crippen LogP contribution in [0.2, 0.25) is 0 Å². The first-order chi connectivity index (χ1) is 13.5. The molecule has 0 aliphatic heterocycles. The molecule has 0 aromatic rings. The van der Waals surface area contributed by atoms with Gasteiger partial charge in [0.2, 0.25) is 0 Å². The minimum absolute atomic E-state index is 0.565. The summed E-state index contributed by atoms with van der Waals surface area (Å²) >= 11 is 0. The third-order valence-electron chi connectivity index (χ3n) is 13.4. The van der Waals surface area contributed by atoms with Gasteiger partial charge < -0.3 is 0 Å². The zero-order valence-corrected chi connectivity index (χ0v) is 20.9. The number of hydrogen-bond donors (Lipinski definition) is 0. The Morgan fingerprint density at radius 1 is 0.586 bits per heavy atom. The van der Waals surface area contributed by atoms with Crippen molar-refractivity contribution in [2.75, 3.05) is 0 Å². The standard InChI is InChI=1S/C29H50/c1-8-20-12-17-26(4)21(20)13-18-28(6)23(26)10-11-24-27(5)16-9-15-25(2,3)22(27)14-19-29(24,28)7/h20-24H,8-19H2,1-7H3/t20-,21-,22-,23+,24+,26-,27-,28+,29+/m0/s1. The van der Waals surface area contributed by atoms with Gasteiger partial charge in [0.15, 0.2) is 0 Å². The minimum atomic E-state index is 0.565. The molecule has 5 saturated carbocycles. The number of hydrogen-bond acceptors (Lipinski definition) is 0. The molecule has 5 rings (SSSR count). The Morgan fingerprint density at radius 3 is 1.86 bits per heavy atom. The summed E-state index contributed by atoms with van der Waals surface area (Å²) < 4.78 is 0. The molecule has 5 fully saturated rings. The smallest absolute Gasteiger partial charge is 0.0235 e. The van der Waals surface area contributed by atoms with Crippen LogP contribution in [0, 0.1) is 56.7 Å². The Morgan fingerprint density at radius 2 is 1.21 bits per heavy atom. The second kappa shape index (κ2) is 6.28. The van der Waals surface area contributed by atoms with Crippen LogP contribution in [0.1, 0.15) is 126 Å². The molecular weight excluding hydrogens is 348 g/mol. The number of rotatable bonds is 1. The fourth-order valence-corrected chi connectivity index (χ4v) is 11.9. The Bertz CT molecular complexity index is 661. The van der Waals surface area contributed by atoms with E-state index in [0.29, 0.717) is 27.1 Å². The van der Waals surface area contributed by atoms with E-state index in [4.69, 9.17) is 0 Å². The van der Waals surface area contributed by atoms with E-state index in [9.17, 15) is 0 Å². The minimum Gasteiger partial charge on any atom is -0.0651 e. The average Bonchev–Trinajstić information content (AvgIpc) is 2.98. The number of fused-ring (bicyclic) bond motifs is 7. The Hall–Kier alpha value is 0. The quantitative estimate of drug-likeness (QED) is 0.413. The van der Waals surface area contributed by atoms with Gasteiger partial charge in [0, 0.05) is 0 Å². The molecule has 0 spiro atoms. The maximum absolute atomic E-state index is 2.81. The van der Waals surface area contributed by atoms with Crippen molar-refractivity contribution < 1.29 is 0 Å². The Kier molecular flexibility index (Phi) is 4.52. The van der Waals surface area contributed by atoms with Crippen molar-refractivity contribution >= 4 is 0 Å². The molecule has 0 radical (unpaired) electrons. The van der Waals surface area contributed by atoms with E-state index in [1.54, 1.807) is 12.8 Å². The summed E-state index contributed by atoms with van der Waals surface area (Å²) in [6.45, 7) is 18.8. The normalized spacial score (nSPS) is 58.7. The van der Waals surface area contributed by atoms with Gasteiger partial charge in [0.1, 0.15) is 0 Å². The fourth-order valence-electron chi connectivity index (χ4n) is 11.9. The maximum Gasteiger partial charge on any atom is -0.0235 e. The van der Waals surface area contributed by atoms with Crippen molar-refractivity contribution in [3.8, 4) is 0 Å². The third kappa shape index (κ3) is 2.44. The van der Waals surface area contributed by atoms with Gasteiger partial charge in [-0.25, -0.2) is 0 Å². The summed E-state index contributed by atoms with van der Waals surface area (Å²) in [6.07, 6.45) is 18.1. The Labute approximate surface area is 182 Å². The van der Waals surface area contributed by atoms with Crippen LogP contribution in [0.3, 0.4) is 0 Å². The summed E-state index contributed by atoms with van der Waals surface area (Å²) in [7, 11) is 0. The van der Waals surface area contributed by atoms with Gasteiger partial charge in [-0.05, 0) is 121 Å². The van der Waals surface area contributed by atoms with Gasteiger partial charge in [0.25, 0.3) is 0 Å². The molecule has 166 valence electrons. The molecule has 5 aliphatic rings. The Balaban J connectivity index is 1.53. The highest BCUT2D eigenvalue weighted by atomic mass is 14.7. The molecular formula is C29H50. The topological polar surface area (TPSA) is 0 Å². The molecule has 0 aromatic heterocycles. The molecule has 5 aliphatic carbocycles. The van der Waals surface area contributed by atoms with Gasteiger partial charge in [-0.15, -0.1) is 0 Å². The molecule has 0 bridgehead atoms. The molecule has 0 unspecified atom stereocenters. The largest absolute Gasteiger partial charge is 0.0651 e. The summed E-state index contributed by atoms with van der Waals surface area (Å²) in [6, 6.07) is 0. The lowest BCUT2D eigenvalue weighted by atomic mass is 9.32. The summed E-state index contributed by atoms with van der Waals surface area (Å²) in [4.78, 5) is 0. The molecule has 0 heteroatoms. The molecule has 0 nitrogen and oxygen atoms in total. The summed E-state index contributed by atoms with van der Waals surface area (Å²) in [5.41, 5.74) is 2.97. The summed E-state index contributed by atoms with van der Waals surface area (Å²) in [5.74, 6) is 4.99. The van der Waals surface area contributed by atoms with Crippen molar-refractivity contribution in [3.05, 3.63) is 0 Å². The predicted octanol–water partition coefficient (Wildman–Crippen LogP) is 8.89. The van der Waals surface area contributed by atoms with Crippen molar-refractivity contribution in [1.29, 1.82) is 0 Å². The van der Waals surface area contributed by atoms with Crippen molar-refractivity contribution in [2.45, 2.75) is 126 Å². The van der Waals surface area contributed by atoms with Crippen LogP contribution in [-0.4, -0.2) is 0 Å². The van der Waals surface area contributed by atoms with Crippen LogP contribution in [0.25, 0.3) is 0 Å². The first-order valence-corrected chi connectivity index (χ1v) is 13.5. The molecule has 0 saturated heterocycles. The third-order valence-corrected chi connectivity index (χ3v) is 13.4. The average molecular weight is 399 g/mol. The molecule has 0 heterocycles. The highest BCUT2D eigenvalue weighted by molar-refractivity contribution is 5.18. The van der Waals surface area contributed by atoms with Crippen LogP contribution in [0.15, 0.2) is 0 Å². The van der Waals surface area contributed by atoms with E-state index in [-0.39, 0.29) is 0 Å². The van der Waals surface area contributed by atoms with Gasteiger partial charge in [-0.2, -0.15) is 0 Å². The van der Waals surface area contributed by atoms with Crippen molar-refractivity contribution in [3.63, 3.8) is 0 Å². The van der Waals surface area contributed by atoms with Crippen LogP contribution in [-0.2, 0) is 0 Å². The van der Waals surface area contributed by atoms with E-state index >= 15 is 0 Å². The van der Waals surface area contributed by atoms with Crippen molar-refractivity contribution in [2.24, 2.45) is 56.7 Å². The molecule has 0 aromatic carbocycles. The van der Waals surface area contributed by atoms with E-state index in [1.165, 1.54) is 64.2 Å². The lowest BCUT2D eigenvalue weighted by Crippen LogP contribution is -2.65. The van der Waals surface area contributed by atoms with Crippen LogP contribution >= 0.6 is 0 Å². The highest BCUT2D eigenvalue weighted by Crippen LogP contribution is 2.77. The summed E-state index contributed by atoms with van der Waals surface area (Å²) in [5, 5.41) is 0. The van der Waals surface area contributed by atoms with Gasteiger partial charge in [0.05, 0.1) is 0 Å². The monoisotopic (exact) mass is 398 g/mol. The first kappa shape index (κ1) is 20.9. The predicted molar refractivity (Wildman–Crippen MR) is 125 cm³/mol. The van der Waals surface area contributed by atoms with Gasteiger partial charge in [-0.1, -0.05) is 61.3 Å². The lowest BCUT2D eigenvalue weighted by molar-refractivity contribution is -0.241. The maximum atomic E-state index is 2.81. The molecule has 0 amide bonds. The second-order valence-electron chi connectivity index (χ2n) is 14.3.